The van der Waals surface area contributed by atoms with Crippen LogP contribution in [0.15, 0.2) is 34.8 Å². The van der Waals surface area contributed by atoms with Crippen molar-refractivity contribution in [2.75, 3.05) is 6.54 Å². The van der Waals surface area contributed by atoms with Crippen molar-refractivity contribution in [3.8, 4) is 0 Å². The molecule has 7 heteroatoms. The topological polar surface area (TPSA) is 95.8 Å². The van der Waals surface area contributed by atoms with E-state index in [1.54, 1.807) is 19.1 Å². The number of sulfonamides is 1. The average Bonchev–Trinajstić information content (AvgIpc) is 2.66. The molecule has 0 spiro atoms. The van der Waals surface area contributed by atoms with E-state index in [0.717, 1.165) is 12.0 Å². The largest absolute Gasteiger partial charge is 0.480 e. The number of aliphatic imine (C=N–C) groups is 1. The van der Waals surface area contributed by atoms with Crippen molar-refractivity contribution >= 4 is 26.7 Å². The molecule has 1 aromatic carbocycles. The molecule has 0 unspecified atom stereocenters. The van der Waals surface area contributed by atoms with Gasteiger partial charge in [0.15, 0.2) is 0 Å². The fraction of sp³-hybridized carbons (Fsp3) is 0.286. The van der Waals surface area contributed by atoms with Gasteiger partial charge in [-0.15, -0.1) is 0 Å². The molecule has 112 valence electrons. The van der Waals surface area contributed by atoms with Crippen LogP contribution in [0.4, 0.5) is 0 Å². The summed E-state index contributed by atoms with van der Waals surface area (Å²) in [6, 6.07) is 7.24. The summed E-state index contributed by atoms with van der Waals surface area (Å²) in [6.07, 6.45) is 0.870. The minimum absolute atomic E-state index is 0.0898. The third kappa shape index (κ3) is 3.13. The highest BCUT2D eigenvalue weighted by molar-refractivity contribution is 8.00. The number of benzene rings is 1. The fourth-order valence-electron chi connectivity index (χ4n) is 2.12. The minimum Gasteiger partial charge on any atom is -0.480 e. The van der Waals surface area contributed by atoms with Gasteiger partial charge in [-0.3, -0.25) is 14.5 Å². The summed E-state index contributed by atoms with van der Waals surface area (Å²) < 4.78 is 26.7. The van der Waals surface area contributed by atoms with Gasteiger partial charge >= 0.3 is 5.97 Å². The average molecular weight is 308 g/mol. The lowest BCUT2D eigenvalue weighted by molar-refractivity contribution is -0.135. The first-order valence-corrected chi connectivity index (χ1v) is 7.93. The number of nitrogens with zero attached hydrogens (tertiary/aromatic N) is 1. The molecule has 1 aliphatic heterocycles. The fourth-order valence-corrected chi connectivity index (χ4v) is 3.65. The second-order valence-corrected chi connectivity index (χ2v) is 6.29. The first-order valence-electron chi connectivity index (χ1n) is 6.44. The summed E-state index contributed by atoms with van der Waals surface area (Å²) in [5.41, 5.74) is 2.11. The molecule has 0 aliphatic carbocycles. The molecular weight excluding hydrogens is 292 g/mol. The van der Waals surface area contributed by atoms with Crippen molar-refractivity contribution in [3.05, 3.63) is 41.0 Å². The van der Waals surface area contributed by atoms with E-state index in [0.29, 0.717) is 11.1 Å². The Balaban J connectivity index is 2.47. The van der Waals surface area contributed by atoms with Gasteiger partial charge in [-0.05, 0) is 24.5 Å². The number of rotatable bonds is 4. The van der Waals surface area contributed by atoms with E-state index in [-0.39, 0.29) is 10.7 Å². The van der Waals surface area contributed by atoms with Gasteiger partial charge in [0.1, 0.15) is 17.3 Å². The van der Waals surface area contributed by atoms with Crippen molar-refractivity contribution in [1.29, 1.82) is 0 Å². The van der Waals surface area contributed by atoms with Crippen molar-refractivity contribution < 1.29 is 18.3 Å². The number of hydrogen-bond acceptors (Lipinski definition) is 4. The molecule has 0 bridgehead atoms. The lowest BCUT2D eigenvalue weighted by Gasteiger charge is -2.04. The number of aryl methyl sites for hydroxylation is 1. The van der Waals surface area contributed by atoms with Crippen molar-refractivity contribution in [1.82, 2.24) is 4.72 Å². The summed E-state index contributed by atoms with van der Waals surface area (Å²) >= 11 is 0. The second-order valence-electron chi connectivity index (χ2n) is 4.67. The van der Waals surface area contributed by atoms with Gasteiger partial charge in [0.05, 0.1) is 0 Å². The number of carboxylic acids is 1. The zero-order valence-corrected chi connectivity index (χ0v) is 12.6. The Bertz CT molecular complexity index is 731. The maximum absolute atomic E-state index is 12.2. The number of nitrogens with one attached hydrogen (secondary N) is 1. The van der Waals surface area contributed by atoms with Crippen LogP contribution in [-0.2, 0) is 21.2 Å². The first kappa shape index (κ1) is 15.2. The van der Waals surface area contributed by atoms with Gasteiger partial charge in [-0.1, -0.05) is 31.2 Å². The Kier molecular flexibility index (Phi) is 4.13. The van der Waals surface area contributed by atoms with Crippen LogP contribution >= 0.6 is 0 Å². The van der Waals surface area contributed by atoms with Crippen molar-refractivity contribution in [2.45, 2.75) is 20.3 Å². The van der Waals surface area contributed by atoms with Gasteiger partial charge < -0.3 is 5.11 Å². The molecular formula is C14H16N2O4S. The van der Waals surface area contributed by atoms with Crippen LogP contribution in [0.3, 0.4) is 0 Å². The summed E-state index contributed by atoms with van der Waals surface area (Å²) in [5.74, 6) is -1.03. The summed E-state index contributed by atoms with van der Waals surface area (Å²) in [7, 11) is -3.70. The highest BCUT2D eigenvalue weighted by Crippen LogP contribution is 2.29. The highest BCUT2D eigenvalue weighted by atomic mass is 32.2. The molecule has 0 saturated carbocycles. The molecule has 0 saturated heterocycles. The van der Waals surface area contributed by atoms with Crippen LogP contribution in [0, 0.1) is 0 Å². The van der Waals surface area contributed by atoms with Crippen molar-refractivity contribution in [2.24, 2.45) is 4.99 Å². The summed E-state index contributed by atoms with van der Waals surface area (Å²) in [4.78, 5) is 14.5. The SMILES string of the molecule is CCc1ccc(C2=C(C)C(=NCC(=O)O)NS2(=O)=O)cc1. The maximum atomic E-state index is 12.2. The van der Waals surface area contributed by atoms with Crippen LogP contribution in [-0.4, -0.2) is 31.9 Å². The Morgan fingerprint density at radius 2 is 1.90 bits per heavy atom. The zero-order valence-electron chi connectivity index (χ0n) is 11.8. The molecule has 2 rings (SSSR count). The lowest BCUT2D eigenvalue weighted by atomic mass is 10.1. The molecule has 6 nitrogen and oxygen atoms in total. The van der Waals surface area contributed by atoms with E-state index in [2.05, 4.69) is 9.71 Å². The predicted molar refractivity (Wildman–Crippen MR) is 80.4 cm³/mol. The monoisotopic (exact) mass is 308 g/mol. The van der Waals surface area contributed by atoms with E-state index in [4.69, 9.17) is 5.11 Å². The second kappa shape index (κ2) is 5.69. The Hall–Kier alpha value is -2.15. The minimum atomic E-state index is -3.70. The van der Waals surface area contributed by atoms with Gasteiger partial charge in [0, 0.05) is 5.57 Å². The Morgan fingerprint density at radius 3 is 2.43 bits per heavy atom. The molecule has 21 heavy (non-hydrogen) atoms. The Morgan fingerprint density at radius 1 is 1.29 bits per heavy atom. The molecule has 2 N–H and O–H groups in total. The molecule has 1 aromatic rings. The van der Waals surface area contributed by atoms with Crippen LogP contribution in [0.1, 0.15) is 25.0 Å². The van der Waals surface area contributed by atoms with Gasteiger partial charge in [0.2, 0.25) is 0 Å². The third-order valence-electron chi connectivity index (χ3n) is 3.19. The van der Waals surface area contributed by atoms with E-state index in [9.17, 15) is 13.2 Å². The summed E-state index contributed by atoms with van der Waals surface area (Å²) in [5, 5.41) is 8.63. The number of hydrogen-bond donors (Lipinski definition) is 2. The molecule has 0 amide bonds. The van der Waals surface area contributed by atoms with Crippen LogP contribution < -0.4 is 4.72 Å². The zero-order chi connectivity index (χ0) is 15.6. The van der Waals surface area contributed by atoms with E-state index in [1.165, 1.54) is 0 Å². The number of aliphatic carboxylic acids is 1. The van der Waals surface area contributed by atoms with Crippen LogP contribution in [0.25, 0.3) is 4.91 Å². The van der Waals surface area contributed by atoms with E-state index < -0.39 is 22.5 Å². The smallest absolute Gasteiger partial charge is 0.325 e. The highest BCUT2D eigenvalue weighted by Gasteiger charge is 2.32. The number of amidine groups is 1. The lowest BCUT2D eigenvalue weighted by Crippen LogP contribution is -2.24. The van der Waals surface area contributed by atoms with Gasteiger partial charge in [0.25, 0.3) is 10.0 Å². The number of carbonyl (C=O) groups is 1. The molecule has 0 aromatic heterocycles. The standard InChI is InChI=1S/C14H16N2O4S/c1-3-10-4-6-11(7-5-10)13-9(2)14(15-8-12(17)18)16-21(13,19)20/h4-7H,3,8H2,1-2H3,(H,15,16)(H,17,18). The quantitative estimate of drug-likeness (QED) is 0.878. The van der Waals surface area contributed by atoms with E-state index in [1.807, 2.05) is 19.1 Å². The van der Waals surface area contributed by atoms with E-state index >= 15 is 0 Å². The summed E-state index contributed by atoms with van der Waals surface area (Å²) in [6.45, 7) is 3.16. The third-order valence-corrected chi connectivity index (χ3v) is 4.73. The molecule has 1 heterocycles. The molecule has 0 atom stereocenters. The molecule has 0 radical (unpaired) electrons. The maximum Gasteiger partial charge on any atom is 0.325 e. The van der Waals surface area contributed by atoms with Gasteiger partial charge in [-0.25, -0.2) is 8.42 Å². The number of carboxylic acid groups (broad SMARTS) is 1. The predicted octanol–water partition coefficient (Wildman–Crippen LogP) is 1.40. The van der Waals surface area contributed by atoms with Crippen LogP contribution in [0.2, 0.25) is 0 Å². The molecule has 1 aliphatic rings. The normalized spacial score (nSPS) is 18.9. The van der Waals surface area contributed by atoms with Crippen LogP contribution in [0.5, 0.6) is 0 Å². The van der Waals surface area contributed by atoms with Gasteiger partial charge in [-0.2, -0.15) is 0 Å². The first-order chi connectivity index (χ1) is 9.85. The molecule has 0 fully saturated rings. The Labute approximate surface area is 123 Å². The van der Waals surface area contributed by atoms with Crippen molar-refractivity contribution in [3.63, 3.8) is 0 Å².